The van der Waals surface area contributed by atoms with E-state index in [-0.39, 0.29) is 24.1 Å². The van der Waals surface area contributed by atoms with Gasteiger partial charge in [0.2, 0.25) is 12.7 Å². The number of nitrogens with one attached hydrogen (secondary N) is 1. The normalized spacial score (nSPS) is 13.2. The predicted molar refractivity (Wildman–Crippen MR) is 67.3 cm³/mol. The first kappa shape index (κ1) is 13.1. The minimum atomic E-state index is -0.649. The van der Waals surface area contributed by atoms with Crippen LogP contribution in [0.15, 0.2) is 12.1 Å². The van der Waals surface area contributed by atoms with Crippen LogP contribution in [0.3, 0.4) is 0 Å². The highest BCUT2D eigenvalue weighted by Gasteiger charge is 2.27. The molecule has 0 atom stereocenters. The summed E-state index contributed by atoms with van der Waals surface area (Å²) in [5.74, 6) is 0.379. The van der Waals surface area contributed by atoms with Gasteiger partial charge in [0.1, 0.15) is 5.69 Å². The summed E-state index contributed by atoms with van der Waals surface area (Å²) >= 11 is 0. The summed E-state index contributed by atoms with van der Waals surface area (Å²) in [7, 11) is 0. The Bertz CT molecular complexity index is 548. The zero-order valence-corrected chi connectivity index (χ0v) is 10.9. The number of ether oxygens (including phenoxy) is 2. The van der Waals surface area contributed by atoms with Gasteiger partial charge >= 0.3 is 0 Å². The van der Waals surface area contributed by atoms with Gasteiger partial charge in [0.25, 0.3) is 5.69 Å². The number of amides is 1. The molecule has 1 heterocycles. The third kappa shape index (κ3) is 2.59. The van der Waals surface area contributed by atoms with Gasteiger partial charge in [-0.3, -0.25) is 14.9 Å². The molecule has 7 heteroatoms. The van der Waals surface area contributed by atoms with Crippen LogP contribution in [0.25, 0.3) is 0 Å². The van der Waals surface area contributed by atoms with E-state index in [0.717, 1.165) is 0 Å². The molecule has 1 N–H and O–H groups in total. The number of fused-ring (bicyclic) bond motifs is 1. The molecule has 0 fully saturated rings. The van der Waals surface area contributed by atoms with E-state index in [4.69, 9.17) is 9.47 Å². The van der Waals surface area contributed by atoms with E-state index in [1.165, 1.54) is 12.1 Å². The standard InChI is InChI=1S/C12H14N2O5/c1-12(2,3)11(15)13-7-4-9-10(19-6-18-9)5-8(7)14(16)17/h4-5H,6H2,1-3H3,(H,13,15). The van der Waals surface area contributed by atoms with Gasteiger partial charge in [-0.15, -0.1) is 0 Å². The van der Waals surface area contributed by atoms with Crippen molar-refractivity contribution >= 4 is 17.3 Å². The zero-order valence-electron chi connectivity index (χ0n) is 10.9. The second-order valence-corrected chi connectivity index (χ2v) is 5.18. The lowest BCUT2D eigenvalue weighted by molar-refractivity contribution is -0.384. The molecule has 0 bridgehead atoms. The number of carbonyl (C=O) groups excluding carboxylic acids is 1. The van der Waals surface area contributed by atoms with Crippen molar-refractivity contribution in [3.8, 4) is 11.5 Å². The van der Waals surface area contributed by atoms with Gasteiger partial charge in [0.15, 0.2) is 11.5 Å². The summed E-state index contributed by atoms with van der Waals surface area (Å²) in [6.07, 6.45) is 0. The lowest BCUT2D eigenvalue weighted by Crippen LogP contribution is -2.27. The van der Waals surface area contributed by atoms with Crippen LogP contribution in [0.1, 0.15) is 20.8 Å². The molecule has 1 amide bonds. The number of carbonyl (C=O) groups is 1. The van der Waals surface area contributed by atoms with Crippen molar-refractivity contribution in [3.05, 3.63) is 22.2 Å². The van der Waals surface area contributed by atoms with Crippen LogP contribution in [-0.2, 0) is 4.79 Å². The topological polar surface area (TPSA) is 90.7 Å². The van der Waals surface area contributed by atoms with Crippen molar-refractivity contribution in [1.29, 1.82) is 0 Å². The van der Waals surface area contributed by atoms with E-state index in [1.54, 1.807) is 20.8 Å². The number of nitrogens with zero attached hydrogens (tertiary/aromatic N) is 1. The fourth-order valence-corrected chi connectivity index (χ4v) is 1.49. The van der Waals surface area contributed by atoms with Gasteiger partial charge in [0, 0.05) is 11.5 Å². The van der Waals surface area contributed by atoms with Crippen LogP contribution in [0.4, 0.5) is 11.4 Å². The molecule has 1 aliphatic heterocycles. The molecule has 0 aliphatic carbocycles. The highest BCUT2D eigenvalue weighted by molar-refractivity contribution is 5.97. The summed E-state index contributed by atoms with van der Waals surface area (Å²) < 4.78 is 10.2. The van der Waals surface area contributed by atoms with Crippen LogP contribution >= 0.6 is 0 Å². The number of rotatable bonds is 2. The Labute approximate surface area is 109 Å². The van der Waals surface area contributed by atoms with Crippen molar-refractivity contribution in [1.82, 2.24) is 0 Å². The van der Waals surface area contributed by atoms with Crippen LogP contribution < -0.4 is 14.8 Å². The molecule has 1 aliphatic rings. The molecule has 0 unspecified atom stereocenters. The summed E-state index contributed by atoms with van der Waals surface area (Å²) in [4.78, 5) is 22.3. The number of benzene rings is 1. The predicted octanol–water partition coefficient (Wildman–Crippen LogP) is 2.31. The van der Waals surface area contributed by atoms with Gasteiger partial charge in [-0.1, -0.05) is 20.8 Å². The second kappa shape index (κ2) is 4.42. The molecular formula is C12H14N2O5. The molecule has 102 valence electrons. The molecule has 2 rings (SSSR count). The molecule has 1 aromatic rings. The first-order chi connectivity index (χ1) is 8.79. The summed E-state index contributed by atoms with van der Waals surface area (Å²) in [5.41, 5.74) is -0.763. The average Bonchev–Trinajstić information content (AvgIpc) is 2.73. The van der Waals surface area contributed by atoms with Crippen LogP contribution in [0.5, 0.6) is 11.5 Å². The van der Waals surface area contributed by atoms with Crippen molar-refractivity contribution in [3.63, 3.8) is 0 Å². The largest absolute Gasteiger partial charge is 0.454 e. The van der Waals surface area contributed by atoms with Gasteiger partial charge in [0.05, 0.1) is 11.0 Å². The molecule has 19 heavy (non-hydrogen) atoms. The summed E-state index contributed by atoms with van der Waals surface area (Å²) in [6, 6.07) is 2.66. The number of hydrogen-bond donors (Lipinski definition) is 1. The van der Waals surface area contributed by atoms with E-state index < -0.39 is 10.3 Å². The molecule has 1 aromatic carbocycles. The fourth-order valence-electron chi connectivity index (χ4n) is 1.49. The summed E-state index contributed by atoms with van der Waals surface area (Å²) in [6.45, 7) is 5.19. The molecule has 0 aromatic heterocycles. The monoisotopic (exact) mass is 266 g/mol. The maximum atomic E-state index is 11.9. The molecule has 0 radical (unpaired) electrons. The Morgan fingerprint density at radius 1 is 1.32 bits per heavy atom. The minimum Gasteiger partial charge on any atom is -0.454 e. The van der Waals surface area contributed by atoms with Gasteiger partial charge in [-0.2, -0.15) is 0 Å². The maximum absolute atomic E-state index is 11.9. The van der Waals surface area contributed by atoms with E-state index in [0.29, 0.717) is 11.5 Å². The van der Waals surface area contributed by atoms with E-state index in [1.807, 2.05) is 0 Å². The minimum absolute atomic E-state index is 0.0170. The number of hydrogen-bond acceptors (Lipinski definition) is 5. The van der Waals surface area contributed by atoms with Crippen molar-refractivity contribution < 1.29 is 19.2 Å². The average molecular weight is 266 g/mol. The maximum Gasteiger partial charge on any atom is 0.296 e. The van der Waals surface area contributed by atoms with Crippen LogP contribution in [-0.4, -0.2) is 17.6 Å². The Morgan fingerprint density at radius 2 is 1.89 bits per heavy atom. The van der Waals surface area contributed by atoms with E-state index >= 15 is 0 Å². The highest BCUT2D eigenvalue weighted by atomic mass is 16.7. The quantitative estimate of drug-likeness (QED) is 0.655. The molecule has 0 saturated heterocycles. The first-order valence-electron chi connectivity index (χ1n) is 5.68. The molecule has 7 nitrogen and oxygen atoms in total. The van der Waals surface area contributed by atoms with Gasteiger partial charge in [-0.05, 0) is 0 Å². The second-order valence-electron chi connectivity index (χ2n) is 5.18. The van der Waals surface area contributed by atoms with E-state index in [2.05, 4.69) is 5.32 Å². The van der Waals surface area contributed by atoms with Crippen molar-refractivity contribution in [2.24, 2.45) is 5.41 Å². The fraction of sp³-hybridized carbons (Fsp3) is 0.417. The lowest BCUT2D eigenvalue weighted by atomic mass is 9.95. The third-order valence-electron chi connectivity index (χ3n) is 2.62. The van der Waals surface area contributed by atoms with Crippen molar-refractivity contribution in [2.75, 3.05) is 12.1 Å². The Kier molecular flexibility index (Phi) is 3.05. The highest BCUT2D eigenvalue weighted by Crippen LogP contribution is 2.40. The molecular weight excluding hydrogens is 252 g/mol. The van der Waals surface area contributed by atoms with Crippen molar-refractivity contribution in [2.45, 2.75) is 20.8 Å². The van der Waals surface area contributed by atoms with Crippen LogP contribution in [0, 0.1) is 15.5 Å². The Balaban J connectivity index is 2.39. The SMILES string of the molecule is CC(C)(C)C(=O)Nc1cc2c(cc1[N+](=O)[O-])OCO2. The number of nitro groups is 1. The summed E-state index contributed by atoms with van der Waals surface area (Å²) in [5, 5.41) is 13.6. The van der Waals surface area contributed by atoms with Gasteiger partial charge in [-0.25, -0.2) is 0 Å². The van der Waals surface area contributed by atoms with Gasteiger partial charge < -0.3 is 14.8 Å². The third-order valence-corrected chi connectivity index (χ3v) is 2.62. The first-order valence-corrected chi connectivity index (χ1v) is 5.68. The smallest absolute Gasteiger partial charge is 0.296 e. The Hall–Kier alpha value is -2.31. The Morgan fingerprint density at radius 3 is 2.42 bits per heavy atom. The zero-order chi connectivity index (χ0) is 14.2. The lowest BCUT2D eigenvalue weighted by Gasteiger charge is -2.17. The molecule has 0 saturated carbocycles. The molecule has 0 spiro atoms. The van der Waals surface area contributed by atoms with Crippen LogP contribution in [0.2, 0.25) is 0 Å². The number of anilines is 1. The van der Waals surface area contributed by atoms with E-state index in [9.17, 15) is 14.9 Å². The number of nitro benzene ring substituents is 1.